The molecule has 0 aliphatic rings. The summed E-state index contributed by atoms with van der Waals surface area (Å²) >= 11 is 0.990. The van der Waals surface area contributed by atoms with E-state index >= 15 is 0 Å². The number of carboxylic acid groups (broad SMARTS) is 1. The number of hydrogen-bond acceptors (Lipinski definition) is 4. The maximum absolute atomic E-state index is 12.3. The van der Waals surface area contributed by atoms with Crippen LogP contribution in [-0.2, 0) is 15.6 Å². The van der Waals surface area contributed by atoms with Crippen molar-refractivity contribution >= 4 is 27.1 Å². The molecule has 2 aromatic rings. The Bertz CT molecular complexity index is 714. The molecule has 0 aliphatic heterocycles. The van der Waals surface area contributed by atoms with Gasteiger partial charge in [-0.25, -0.2) is 13.2 Å². The molecule has 0 fully saturated rings. The third-order valence-electron chi connectivity index (χ3n) is 2.63. The van der Waals surface area contributed by atoms with Gasteiger partial charge in [0.25, 0.3) is 0 Å². The lowest BCUT2D eigenvalue weighted by atomic mass is 10.2. The first-order valence-corrected chi connectivity index (χ1v) is 7.97. The van der Waals surface area contributed by atoms with E-state index in [-0.39, 0.29) is 10.6 Å². The minimum atomic E-state index is -3.44. The van der Waals surface area contributed by atoms with Crippen LogP contribution in [0, 0.1) is 6.92 Å². The Balaban J connectivity index is 2.31. The number of carboxylic acids is 1. The van der Waals surface area contributed by atoms with Crippen molar-refractivity contribution in [3.05, 3.63) is 51.7 Å². The van der Waals surface area contributed by atoms with Crippen LogP contribution in [0.1, 0.15) is 20.1 Å². The highest BCUT2D eigenvalue weighted by atomic mass is 32.2. The Morgan fingerprint density at radius 1 is 1.21 bits per heavy atom. The third kappa shape index (κ3) is 3.02. The predicted octanol–water partition coefficient (Wildman–Crippen LogP) is 2.73. The van der Waals surface area contributed by atoms with Gasteiger partial charge in [0.05, 0.1) is 10.6 Å². The second-order valence-electron chi connectivity index (χ2n) is 4.10. The smallest absolute Gasteiger partial charge is 0.345 e. The molecular formula is C13H12O4S2. The fourth-order valence-corrected chi connectivity index (χ4v) is 4.55. The Morgan fingerprint density at radius 2 is 1.89 bits per heavy atom. The zero-order valence-electron chi connectivity index (χ0n) is 10.2. The summed E-state index contributed by atoms with van der Waals surface area (Å²) < 4.78 is 24.5. The van der Waals surface area contributed by atoms with E-state index in [1.807, 2.05) is 0 Å². The van der Waals surface area contributed by atoms with E-state index in [1.165, 1.54) is 6.07 Å². The first-order valence-electron chi connectivity index (χ1n) is 5.50. The monoisotopic (exact) mass is 296 g/mol. The third-order valence-corrected chi connectivity index (χ3v) is 5.71. The minimum absolute atomic E-state index is 0.148. The van der Waals surface area contributed by atoms with E-state index in [0.717, 1.165) is 11.3 Å². The molecule has 0 radical (unpaired) electrons. The van der Waals surface area contributed by atoms with E-state index in [4.69, 9.17) is 5.11 Å². The van der Waals surface area contributed by atoms with Crippen LogP contribution < -0.4 is 0 Å². The largest absolute Gasteiger partial charge is 0.477 e. The van der Waals surface area contributed by atoms with Crippen LogP contribution in [0.2, 0.25) is 0 Å². The van der Waals surface area contributed by atoms with Crippen molar-refractivity contribution in [2.45, 2.75) is 17.6 Å². The molecule has 0 saturated heterocycles. The molecule has 0 aliphatic carbocycles. The lowest BCUT2D eigenvalue weighted by Crippen LogP contribution is -2.05. The topological polar surface area (TPSA) is 71.4 Å². The summed E-state index contributed by atoms with van der Waals surface area (Å²) in [5.74, 6) is -1.21. The van der Waals surface area contributed by atoms with Crippen molar-refractivity contribution in [2.75, 3.05) is 0 Å². The molecule has 1 aromatic heterocycles. The van der Waals surface area contributed by atoms with Crippen LogP contribution in [0.4, 0.5) is 0 Å². The first kappa shape index (κ1) is 13.8. The average molecular weight is 296 g/mol. The highest BCUT2D eigenvalue weighted by Gasteiger charge is 2.19. The van der Waals surface area contributed by atoms with Crippen molar-refractivity contribution < 1.29 is 18.3 Å². The second-order valence-corrected chi connectivity index (χ2v) is 7.22. The number of sulfone groups is 1. The van der Waals surface area contributed by atoms with Gasteiger partial charge in [-0.05, 0) is 30.7 Å². The molecule has 2 rings (SSSR count). The molecule has 4 nitrogen and oxygen atoms in total. The van der Waals surface area contributed by atoms with E-state index in [0.29, 0.717) is 15.3 Å². The summed E-state index contributed by atoms with van der Waals surface area (Å²) in [5, 5.41) is 8.82. The van der Waals surface area contributed by atoms with Gasteiger partial charge >= 0.3 is 5.97 Å². The Kier molecular flexibility index (Phi) is 3.73. The fourth-order valence-electron chi connectivity index (χ4n) is 1.74. The molecule has 1 N–H and O–H groups in total. The van der Waals surface area contributed by atoms with Gasteiger partial charge < -0.3 is 5.11 Å². The molecule has 0 unspecified atom stereocenters. The lowest BCUT2D eigenvalue weighted by molar-refractivity contribution is 0.0702. The summed E-state index contributed by atoms with van der Waals surface area (Å²) in [4.78, 5) is 11.7. The van der Waals surface area contributed by atoms with Crippen molar-refractivity contribution in [2.24, 2.45) is 0 Å². The van der Waals surface area contributed by atoms with Gasteiger partial charge in [0, 0.05) is 4.88 Å². The van der Waals surface area contributed by atoms with Gasteiger partial charge in [-0.3, -0.25) is 0 Å². The van der Waals surface area contributed by atoms with Gasteiger partial charge in [-0.15, -0.1) is 11.3 Å². The van der Waals surface area contributed by atoms with Gasteiger partial charge in [-0.1, -0.05) is 18.2 Å². The number of rotatable bonds is 4. The number of thiophene rings is 1. The molecule has 0 atom stereocenters. The molecule has 0 amide bonds. The number of benzene rings is 1. The molecule has 1 heterocycles. The molecule has 0 bridgehead atoms. The second kappa shape index (κ2) is 5.14. The van der Waals surface area contributed by atoms with Crippen LogP contribution in [0.3, 0.4) is 0 Å². The average Bonchev–Trinajstić information content (AvgIpc) is 2.77. The van der Waals surface area contributed by atoms with Crippen LogP contribution in [0.25, 0.3) is 0 Å². The van der Waals surface area contributed by atoms with Crippen LogP contribution in [0.15, 0.2) is 41.3 Å². The van der Waals surface area contributed by atoms with Gasteiger partial charge in [0.1, 0.15) is 4.88 Å². The lowest BCUT2D eigenvalue weighted by Gasteiger charge is -2.05. The van der Waals surface area contributed by atoms with Crippen LogP contribution in [-0.4, -0.2) is 19.5 Å². The molecule has 19 heavy (non-hydrogen) atoms. The standard InChI is InChI=1S/C13H12O4S2/c1-9-4-2-3-5-12(9)19(16,17)8-10-6-7-11(18-10)13(14)15/h2-7H,8H2,1H3,(H,14,15). The van der Waals surface area contributed by atoms with Crippen molar-refractivity contribution in [1.29, 1.82) is 0 Å². The highest BCUT2D eigenvalue weighted by Crippen LogP contribution is 2.24. The van der Waals surface area contributed by atoms with Crippen LogP contribution >= 0.6 is 11.3 Å². The summed E-state index contributed by atoms with van der Waals surface area (Å²) in [6, 6.07) is 9.74. The molecule has 0 saturated carbocycles. The first-order chi connectivity index (χ1) is 8.90. The van der Waals surface area contributed by atoms with Gasteiger partial charge in [0.15, 0.2) is 9.84 Å². The minimum Gasteiger partial charge on any atom is -0.477 e. The summed E-state index contributed by atoms with van der Waals surface area (Å²) in [7, 11) is -3.44. The van der Waals surface area contributed by atoms with Crippen molar-refractivity contribution in [3.8, 4) is 0 Å². The SMILES string of the molecule is Cc1ccccc1S(=O)(=O)Cc1ccc(C(=O)O)s1. The predicted molar refractivity (Wildman–Crippen MR) is 73.3 cm³/mol. The molecular weight excluding hydrogens is 284 g/mol. The van der Waals surface area contributed by atoms with E-state index in [2.05, 4.69) is 0 Å². The Hall–Kier alpha value is -1.66. The highest BCUT2D eigenvalue weighted by molar-refractivity contribution is 7.90. The Labute approximate surface area is 115 Å². The van der Waals surface area contributed by atoms with Gasteiger partial charge in [0.2, 0.25) is 0 Å². The van der Waals surface area contributed by atoms with Gasteiger partial charge in [-0.2, -0.15) is 0 Å². The fraction of sp³-hybridized carbons (Fsp3) is 0.154. The molecule has 0 spiro atoms. The number of aromatic carboxylic acids is 1. The maximum Gasteiger partial charge on any atom is 0.345 e. The normalized spacial score (nSPS) is 11.4. The Morgan fingerprint density at radius 3 is 2.47 bits per heavy atom. The van der Waals surface area contributed by atoms with E-state index in [1.54, 1.807) is 37.3 Å². The molecule has 6 heteroatoms. The molecule has 100 valence electrons. The van der Waals surface area contributed by atoms with Crippen molar-refractivity contribution in [1.82, 2.24) is 0 Å². The zero-order valence-corrected chi connectivity index (χ0v) is 11.8. The van der Waals surface area contributed by atoms with E-state index in [9.17, 15) is 13.2 Å². The maximum atomic E-state index is 12.3. The summed E-state index contributed by atoms with van der Waals surface area (Å²) in [6.45, 7) is 1.74. The summed E-state index contributed by atoms with van der Waals surface area (Å²) in [6.07, 6.45) is 0. The molecule has 1 aromatic carbocycles. The number of carbonyl (C=O) groups is 1. The zero-order chi connectivity index (χ0) is 14.0. The summed E-state index contributed by atoms with van der Waals surface area (Å²) in [5.41, 5.74) is 0.692. The number of hydrogen-bond donors (Lipinski definition) is 1. The quantitative estimate of drug-likeness (QED) is 0.941. The van der Waals surface area contributed by atoms with E-state index < -0.39 is 15.8 Å². The number of aryl methyl sites for hydroxylation is 1. The van der Waals surface area contributed by atoms with Crippen molar-refractivity contribution in [3.63, 3.8) is 0 Å². The van der Waals surface area contributed by atoms with Crippen LogP contribution in [0.5, 0.6) is 0 Å².